The second kappa shape index (κ2) is 13.1. The summed E-state index contributed by atoms with van der Waals surface area (Å²) in [6.45, 7) is 4.34. The Kier molecular flexibility index (Phi) is 9.40. The van der Waals surface area contributed by atoms with E-state index in [1.807, 2.05) is 30.3 Å². The number of aliphatic hydroxyl groups excluding tert-OH is 1. The summed E-state index contributed by atoms with van der Waals surface area (Å²) in [4.78, 5) is 18.2. The molecule has 1 saturated heterocycles. The molecule has 196 valence electrons. The summed E-state index contributed by atoms with van der Waals surface area (Å²) in [5, 5.41) is 17.0. The third kappa shape index (κ3) is 6.81. The van der Waals surface area contributed by atoms with Gasteiger partial charge in [0, 0.05) is 55.6 Å². The molecule has 2 heterocycles. The Hall–Kier alpha value is -3.56. The zero-order chi connectivity index (χ0) is 26.0. The Balaban J connectivity index is 1.70. The number of aliphatic hydroxyl groups is 1. The first-order valence-electron chi connectivity index (χ1n) is 12.8. The Morgan fingerprint density at radius 1 is 1.14 bits per heavy atom. The first-order valence-corrected chi connectivity index (χ1v) is 12.8. The van der Waals surface area contributed by atoms with Crippen LogP contribution in [-0.2, 0) is 0 Å². The maximum Gasteiger partial charge on any atom is 0.125 e. The van der Waals surface area contributed by atoms with E-state index in [1.54, 1.807) is 26.6 Å². The topological polar surface area (TPSA) is 107 Å². The maximum atomic E-state index is 9.24. The van der Waals surface area contributed by atoms with Crippen molar-refractivity contribution < 1.29 is 14.6 Å². The van der Waals surface area contributed by atoms with Gasteiger partial charge in [0.05, 0.1) is 42.6 Å². The number of anilines is 2. The van der Waals surface area contributed by atoms with Crippen LogP contribution in [0.3, 0.4) is 0 Å². The lowest BCUT2D eigenvalue weighted by atomic mass is 10.1. The van der Waals surface area contributed by atoms with E-state index >= 15 is 0 Å². The molecule has 9 heteroatoms. The molecular weight excluding hydrogens is 468 g/mol. The summed E-state index contributed by atoms with van der Waals surface area (Å²) in [5.74, 6) is 1.01. The van der Waals surface area contributed by atoms with Crippen molar-refractivity contribution in [2.45, 2.75) is 25.2 Å². The molecule has 1 fully saturated rings. The fraction of sp³-hybridized carbons (Fsp3) is 0.429. The molecule has 0 bridgehead atoms. The molecule has 1 atom stereocenters. The number of aromatic nitrogens is 2. The Labute approximate surface area is 218 Å². The maximum absolute atomic E-state index is 9.24. The first kappa shape index (κ1) is 26.5. The summed E-state index contributed by atoms with van der Waals surface area (Å²) < 4.78 is 11.3. The molecule has 1 unspecified atom stereocenters. The average molecular weight is 505 g/mol. The number of benzene rings is 2. The highest BCUT2D eigenvalue weighted by atomic mass is 16.5. The van der Waals surface area contributed by atoms with E-state index in [9.17, 15) is 5.11 Å². The van der Waals surface area contributed by atoms with Gasteiger partial charge in [0.15, 0.2) is 0 Å². The van der Waals surface area contributed by atoms with Crippen molar-refractivity contribution in [3.63, 3.8) is 0 Å². The smallest absolute Gasteiger partial charge is 0.125 e. The summed E-state index contributed by atoms with van der Waals surface area (Å²) in [6.07, 6.45) is 8.27. The Morgan fingerprint density at radius 2 is 1.95 bits per heavy atom. The molecule has 9 nitrogen and oxygen atoms in total. The molecule has 1 aliphatic heterocycles. The normalized spacial score (nSPS) is 14.8. The van der Waals surface area contributed by atoms with Gasteiger partial charge in [-0.3, -0.25) is 9.98 Å². The number of ether oxygens (including phenoxy) is 2. The number of nitrogens with zero attached hydrogens (tertiary/aromatic N) is 5. The van der Waals surface area contributed by atoms with E-state index < -0.39 is 0 Å². The number of nitrogens with one attached hydrogen (secondary N) is 1. The van der Waals surface area contributed by atoms with Crippen molar-refractivity contribution in [1.82, 2.24) is 14.9 Å². The van der Waals surface area contributed by atoms with Crippen LogP contribution in [0.4, 0.5) is 11.4 Å². The lowest BCUT2D eigenvalue weighted by Gasteiger charge is -2.27. The number of rotatable bonds is 13. The van der Waals surface area contributed by atoms with Crippen LogP contribution >= 0.6 is 0 Å². The van der Waals surface area contributed by atoms with Crippen molar-refractivity contribution in [3.05, 3.63) is 48.3 Å². The van der Waals surface area contributed by atoms with Crippen LogP contribution in [-0.4, -0.2) is 86.0 Å². The molecular formula is C28H36N6O3. The van der Waals surface area contributed by atoms with Crippen molar-refractivity contribution >= 4 is 34.8 Å². The van der Waals surface area contributed by atoms with Gasteiger partial charge in [-0.25, -0.2) is 4.98 Å². The van der Waals surface area contributed by atoms with E-state index in [2.05, 4.69) is 25.8 Å². The third-order valence-electron chi connectivity index (χ3n) is 6.51. The molecule has 2 N–H and O–H groups in total. The summed E-state index contributed by atoms with van der Waals surface area (Å²) in [5.41, 5.74) is 4.16. The molecule has 0 aliphatic carbocycles. The number of hydrogen-bond donors (Lipinski definition) is 2. The highest BCUT2D eigenvalue weighted by Crippen LogP contribution is 2.34. The van der Waals surface area contributed by atoms with Gasteiger partial charge in [-0.2, -0.15) is 0 Å². The standard InChI is InChI=1S/C28H36N6O3/c1-30-19-21(18-29)28-20-31-26-7-6-22(16-27(26)32-28)34(11-5-10-33-8-3-4-9-33)23-14-24(36-2)17-25(15-23)37-13-12-35/h6-7,14-21,29,35H,3-5,8-13H2,1-2H3. The van der Waals surface area contributed by atoms with Gasteiger partial charge < -0.3 is 29.8 Å². The highest BCUT2D eigenvalue weighted by Gasteiger charge is 2.17. The summed E-state index contributed by atoms with van der Waals surface area (Å²) in [7, 11) is 3.33. The lowest BCUT2D eigenvalue weighted by Crippen LogP contribution is -2.26. The number of hydrogen-bond acceptors (Lipinski definition) is 9. The van der Waals surface area contributed by atoms with E-state index in [1.165, 1.54) is 32.1 Å². The molecule has 0 saturated carbocycles. The minimum Gasteiger partial charge on any atom is -0.497 e. The van der Waals surface area contributed by atoms with Crippen LogP contribution in [0.25, 0.3) is 11.0 Å². The number of methoxy groups -OCH3 is 1. The van der Waals surface area contributed by atoms with Crippen LogP contribution in [0, 0.1) is 5.41 Å². The van der Waals surface area contributed by atoms with Crippen molar-refractivity contribution in [2.24, 2.45) is 4.99 Å². The second-order valence-corrected chi connectivity index (χ2v) is 9.06. The monoisotopic (exact) mass is 504 g/mol. The molecule has 0 amide bonds. The molecule has 2 aromatic carbocycles. The molecule has 0 radical (unpaired) electrons. The predicted molar refractivity (Wildman–Crippen MR) is 148 cm³/mol. The molecule has 1 aliphatic rings. The van der Waals surface area contributed by atoms with Gasteiger partial charge in [-0.1, -0.05) is 0 Å². The Morgan fingerprint density at radius 3 is 2.68 bits per heavy atom. The van der Waals surface area contributed by atoms with Crippen LogP contribution in [0.1, 0.15) is 30.9 Å². The van der Waals surface area contributed by atoms with E-state index in [0.29, 0.717) is 17.2 Å². The number of fused-ring (bicyclic) bond motifs is 1. The van der Waals surface area contributed by atoms with E-state index in [4.69, 9.17) is 19.9 Å². The molecule has 3 aromatic rings. The van der Waals surface area contributed by atoms with Crippen LogP contribution in [0.2, 0.25) is 0 Å². The lowest BCUT2D eigenvalue weighted by molar-refractivity contribution is 0.201. The van der Waals surface area contributed by atoms with E-state index in [-0.39, 0.29) is 19.1 Å². The summed E-state index contributed by atoms with van der Waals surface area (Å²) >= 11 is 0. The quantitative estimate of drug-likeness (QED) is 0.338. The second-order valence-electron chi connectivity index (χ2n) is 9.06. The highest BCUT2D eigenvalue weighted by molar-refractivity contribution is 5.89. The minimum absolute atomic E-state index is 0.0583. The fourth-order valence-electron chi connectivity index (χ4n) is 4.65. The van der Waals surface area contributed by atoms with Gasteiger partial charge in [0.1, 0.15) is 18.1 Å². The van der Waals surface area contributed by atoms with Gasteiger partial charge in [0.2, 0.25) is 0 Å². The van der Waals surface area contributed by atoms with Crippen LogP contribution in [0.15, 0.2) is 47.6 Å². The zero-order valence-corrected chi connectivity index (χ0v) is 21.6. The van der Waals surface area contributed by atoms with Crippen molar-refractivity contribution in [2.75, 3.05) is 58.5 Å². The number of likely N-dealkylation sites (tertiary alicyclic amines) is 1. The number of aliphatic imine (C=N–C) groups is 1. The predicted octanol–water partition coefficient (Wildman–Crippen LogP) is 4.07. The van der Waals surface area contributed by atoms with Gasteiger partial charge >= 0.3 is 0 Å². The third-order valence-corrected chi connectivity index (χ3v) is 6.51. The van der Waals surface area contributed by atoms with Crippen LogP contribution in [0.5, 0.6) is 11.5 Å². The minimum atomic E-state index is -0.313. The molecule has 37 heavy (non-hydrogen) atoms. The van der Waals surface area contributed by atoms with Gasteiger partial charge in [0.25, 0.3) is 0 Å². The molecule has 1 aromatic heterocycles. The van der Waals surface area contributed by atoms with Gasteiger partial charge in [-0.15, -0.1) is 0 Å². The Bertz CT molecular complexity index is 1210. The summed E-state index contributed by atoms with van der Waals surface area (Å²) in [6, 6.07) is 11.9. The average Bonchev–Trinajstić information content (AvgIpc) is 3.45. The largest absolute Gasteiger partial charge is 0.497 e. The zero-order valence-electron chi connectivity index (χ0n) is 21.6. The van der Waals surface area contributed by atoms with E-state index in [0.717, 1.165) is 41.9 Å². The molecule has 0 spiro atoms. The fourth-order valence-corrected chi connectivity index (χ4v) is 4.65. The molecule has 4 rings (SSSR count). The van der Waals surface area contributed by atoms with Crippen molar-refractivity contribution in [3.8, 4) is 11.5 Å². The van der Waals surface area contributed by atoms with Crippen molar-refractivity contribution in [1.29, 1.82) is 5.41 Å². The first-order chi connectivity index (χ1) is 18.1. The SMILES string of the molecule is CN=CC(C=N)c1cnc2ccc(N(CCCN3CCCC3)c3cc(OC)cc(OCCO)c3)cc2n1. The van der Waals surface area contributed by atoms with Gasteiger partial charge in [-0.05, 0) is 57.1 Å². The van der Waals surface area contributed by atoms with Crippen LogP contribution < -0.4 is 14.4 Å².